The Balaban J connectivity index is 1.66. The summed E-state index contributed by atoms with van der Waals surface area (Å²) in [5, 5.41) is 9.80. The lowest BCUT2D eigenvalue weighted by Gasteiger charge is -2.25. The van der Waals surface area contributed by atoms with Crippen LogP contribution >= 0.6 is 0 Å². The van der Waals surface area contributed by atoms with Gasteiger partial charge >= 0.3 is 0 Å². The van der Waals surface area contributed by atoms with Gasteiger partial charge in [0.1, 0.15) is 17.3 Å². The Bertz CT molecular complexity index is 1020. The molecular formula is C23H26FN7. The summed E-state index contributed by atoms with van der Waals surface area (Å²) in [5.41, 5.74) is 7.47. The van der Waals surface area contributed by atoms with E-state index in [0.29, 0.717) is 35.0 Å². The van der Waals surface area contributed by atoms with Crippen molar-refractivity contribution in [1.29, 1.82) is 0 Å². The summed E-state index contributed by atoms with van der Waals surface area (Å²) < 4.78 is 14.3. The average molecular weight is 420 g/mol. The molecule has 0 bridgehead atoms. The summed E-state index contributed by atoms with van der Waals surface area (Å²) in [5.74, 6) is 1.07. The van der Waals surface area contributed by atoms with Crippen molar-refractivity contribution in [2.45, 2.75) is 18.9 Å². The highest BCUT2D eigenvalue weighted by Gasteiger charge is 2.30. The normalized spacial score (nSPS) is 19.5. The smallest absolute Gasteiger partial charge is 0.214 e. The number of nitrogens with one attached hydrogen (secondary N) is 3. The third kappa shape index (κ3) is 4.75. The van der Waals surface area contributed by atoms with Crippen LogP contribution in [0.15, 0.2) is 88.9 Å². The van der Waals surface area contributed by atoms with Crippen molar-refractivity contribution >= 4 is 23.2 Å². The predicted molar refractivity (Wildman–Crippen MR) is 124 cm³/mol. The second-order valence-corrected chi connectivity index (χ2v) is 7.31. The van der Waals surface area contributed by atoms with Crippen LogP contribution in [0.3, 0.4) is 0 Å². The van der Waals surface area contributed by atoms with Gasteiger partial charge in [0.25, 0.3) is 0 Å². The SMILES string of the molecule is C=C(/N=C1\C(=C/N)N=C(Nc2ccccc2F)N1c1ccccc1)NC1CCNCC1. The maximum atomic E-state index is 14.3. The van der Waals surface area contributed by atoms with E-state index in [1.165, 1.54) is 12.3 Å². The molecule has 2 aliphatic rings. The van der Waals surface area contributed by atoms with Crippen molar-refractivity contribution in [1.82, 2.24) is 10.6 Å². The van der Waals surface area contributed by atoms with Gasteiger partial charge in [-0.15, -0.1) is 0 Å². The number of hydrogen-bond acceptors (Lipinski definition) is 6. The molecule has 0 amide bonds. The van der Waals surface area contributed by atoms with E-state index in [1.54, 1.807) is 23.1 Å². The Hall–Kier alpha value is -3.65. The number of amidine groups is 1. The topological polar surface area (TPSA) is 90.1 Å². The molecular weight excluding hydrogens is 393 g/mol. The number of nitrogens with zero attached hydrogens (tertiary/aromatic N) is 3. The lowest BCUT2D eigenvalue weighted by atomic mass is 10.1. The first kappa shape index (κ1) is 20.6. The standard InChI is InChI=1S/C23H26FN7/c1-16(27-17-11-13-26-14-12-17)28-22-21(15-25)30-23(29-20-10-6-5-9-19(20)24)31(22)18-7-3-2-4-8-18/h2-10,15,17,26-27H,1,11-14,25H2,(H,29,30)/b21-15+,28-22+. The second kappa shape index (κ2) is 9.44. The van der Waals surface area contributed by atoms with Gasteiger partial charge in [0, 0.05) is 12.2 Å². The van der Waals surface area contributed by atoms with Gasteiger partial charge in [-0.3, -0.25) is 4.90 Å². The van der Waals surface area contributed by atoms with Gasteiger partial charge in [-0.1, -0.05) is 36.9 Å². The molecule has 0 unspecified atom stereocenters. The zero-order valence-electron chi connectivity index (χ0n) is 17.2. The maximum absolute atomic E-state index is 14.3. The Morgan fingerprint density at radius 1 is 1.16 bits per heavy atom. The fourth-order valence-corrected chi connectivity index (χ4v) is 3.60. The molecule has 8 heteroatoms. The summed E-state index contributed by atoms with van der Waals surface area (Å²) in [6.07, 6.45) is 3.40. The molecule has 4 rings (SSSR count). The zero-order chi connectivity index (χ0) is 21.6. The molecule has 0 atom stereocenters. The van der Waals surface area contributed by atoms with Gasteiger partial charge in [0.05, 0.1) is 11.4 Å². The highest BCUT2D eigenvalue weighted by atomic mass is 19.1. The van der Waals surface area contributed by atoms with E-state index in [-0.39, 0.29) is 5.82 Å². The number of hydrogen-bond donors (Lipinski definition) is 4. The Kier molecular flexibility index (Phi) is 6.28. The van der Waals surface area contributed by atoms with Crippen LogP contribution < -0.4 is 26.6 Å². The van der Waals surface area contributed by atoms with E-state index in [4.69, 9.17) is 10.7 Å². The number of benzene rings is 2. The molecule has 5 N–H and O–H groups in total. The molecule has 7 nitrogen and oxygen atoms in total. The fourth-order valence-electron chi connectivity index (χ4n) is 3.60. The molecule has 0 aliphatic carbocycles. The molecule has 0 aromatic heterocycles. The second-order valence-electron chi connectivity index (χ2n) is 7.31. The van der Waals surface area contributed by atoms with Crippen LogP contribution in [0.25, 0.3) is 0 Å². The monoisotopic (exact) mass is 419 g/mol. The minimum absolute atomic E-state index is 0.312. The molecule has 2 heterocycles. The van der Waals surface area contributed by atoms with E-state index >= 15 is 0 Å². The van der Waals surface area contributed by atoms with E-state index in [1.807, 2.05) is 30.3 Å². The minimum atomic E-state index is -0.376. The van der Waals surface area contributed by atoms with Gasteiger partial charge < -0.3 is 21.7 Å². The molecule has 1 fully saturated rings. The molecule has 0 spiro atoms. The van der Waals surface area contributed by atoms with Gasteiger partial charge in [-0.25, -0.2) is 14.4 Å². The predicted octanol–water partition coefficient (Wildman–Crippen LogP) is 3.13. The third-order valence-electron chi connectivity index (χ3n) is 5.12. The largest absolute Gasteiger partial charge is 0.403 e. The van der Waals surface area contributed by atoms with Gasteiger partial charge in [-0.05, 0) is 50.2 Å². The average Bonchev–Trinajstić information content (AvgIpc) is 3.13. The van der Waals surface area contributed by atoms with Crippen molar-refractivity contribution in [3.05, 3.63) is 84.7 Å². The maximum Gasteiger partial charge on any atom is 0.214 e. The molecule has 0 saturated carbocycles. The van der Waals surface area contributed by atoms with E-state index in [0.717, 1.165) is 31.6 Å². The zero-order valence-corrected chi connectivity index (χ0v) is 17.2. The summed E-state index contributed by atoms with van der Waals surface area (Å²) in [4.78, 5) is 11.1. The molecule has 2 aromatic carbocycles. The first-order chi connectivity index (χ1) is 15.2. The number of piperidine rings is 1. The van der Waals surface area contributed by atoms with Crippen LogP contribution in [0.2, 0.25) is 0 Å². The quantitative estimate of drug-likeness (QED) is 0.598. The first-order valence-electron chi connectivity index (χ1n) is 10.3. The third-order valence-corrected chi connectivity index (χ3v) is 5.12. The van der Waals surface area contributed by atoms with Crippen LogP contribution in [0.1, 0.15) is 12.8 Å². The Morgan fingerprint density at radius 2 is 1.87 bits per heavy atom. The van der Waals surface area contributed by atoms with E-state index < -0.39 is 0 Å². The fraction of sp³-hybridized carbons (Fsp3) is 0.217. The van der Waals surface area contributed by atoms with Crippen LogP contribution in [0.5, 0.6) is 0 Å². The molecule has 0 radical (unpaired) electrons. The van der Waals surface area contributed by atoms with Crippen molar-refractivity contribution in [2.75, 3.05) is 23.3 Å². The summed E-state index contributed by atoms with van der Waals surface area (Å²) in [6.45, 7) is 6.01. The number of aliphatic imine (C=N–C) groups is 2. The van der Waals surface area contributed by atoms with Crippen molar-refractivity contribution < 1.29 is 4.39 Å². The van der Waals surface area contributed by atoms with Crippen LogP contribution in [-0.4, -0.2) is 30.9 Å². The Labute approximate surface area is 181 Å². The van der Waals surface area contributed by atoms with Gasteiger partial charge in [0.15, 0.2) is 5.84 Å². The number of halogens is 1. The van der Waals surface area contributed by atoms with E-state index in [9.17, 15) is 4.39 Å². The molecule has 2 aliphatic heterocycles. The summed E-state index contributed by atoms with van der Waals surface area (Å²) in [6, 6.07) is 16.4. The summed E-state index contributed by atoms with van der Waals surface area (Å²) >= 11 is 0. The van der Waals surface area contributed by atoms with Crippen LogP contribution in [-0.2, 0) is 0 Å². The first-order valence-corrected chi connectivity index (χ1v) is 10.3. The van der Waals surface area contributed by atoms with Crippen LogP contribution in [0.4, 0.5) is 15.8 Å². The van der Waals surface area contributed by atoms with Crippen molar-refractivity contribution in [3.63, 3.8) is 0 Å². The van der Waals surface area contributed by atoms with Crippen molar-refractivity contribution in [2.24, 2.45) is 15.7 Å². The number of nitrogens with two attached hydrogens (primary N) is 1. The Morgan fingerprint density at radius 3 is 2.58 bits per heavy atom. The molecule has 1 saturated heterocycles. The molecule has 2 aromatic rings. The minimum Gasteiger partial charge on any atom is -0.403 e. The lowest BCUT2D eigenvalue weighted by molar-refractivity contribution is 0.411. The highest BCUT2D eigenvalue weighted by Crippen LogP contribution is 2.26. The summed E-state index contributed by atoms with van der Waals surface area (Å²) in [7, 11) is 0. The number of rotatable bonds is 5. The molecule has 160 valence electrons. The van der Waals surface area contributed by atoms with Crippen LogP contribution in [0, 0.1) is 5.82 Å². The van der Waals surface area contributed by atoms with Gasteiger partial charge in [-0.2, -0.15) is 0 Å². The van der Waals surface area contributed by atoms with E-state index in [2.05, 4.69) is 27.5 Å². The number of para-hydroxylation sites is 2. The van der Waals surface area contributed by atoms with Gasteiger partial charge in [0.2, 0.25) is 5.96 Å². The lowest BCUT2D eigenvalue weighted by Crippen LogP contribution is -2.40. The number of guanidine groups is 1. The highest BCUT2D eigenvalue weighted by molar-refractivity contribution is 6.32. The molecule has 31 heavy (non-hydrogen) atoms. The van der Waals surface area contributed by atoms with Crippen molar-refractivity contribution in [3.8, 4) is 0 Å². The number of anilines is 2.